The Labute approximate surface area is 103 Å². The molecule has 2 aliphatic rings. The first kappa shape index (κ1) is 12.7. The third kappa shape index (κ3) is 3.35. The molecule has 0 spiro atoms. The lowest BCUT2D eigenvalue weighted by Crippen LogP contribution is -2.42. The Balaban J connectivity index is 1.82. The Kier molecular flexibility index (Phi) is 3.34. The van der Waals surface area contributed by atoms with Crippen LogP contribution in [0.4, 0.5) is 4.79 Å². The Hall–Kier alpha value is -0.770. The molecule has 0 aromatic rings. The summed E-state index contributed by atoms with van der Waals surface area (Å²) in [4.78, 5) is 11.6. The maximum absolute atomic E-state index is 11.6. The molecule has 0 unspecified atom stereocenters. The van der Waals surface area contributed by atoms with Crippen molar-refractivity contribution in [3.63, 3.8) is 0 Å². The van der Waals surface area contributed by atoms with E-state index in [2.05, 4.69) is 10.6 Å². The molecular weight excluding hydrogens is 216 g/mol. The van der Waals surface area contributed by atoms with Gasteiger partial charge in [-0.1, -0.05) is 0 Å². The summed E-state index contributed by atoms with van der Waals surface area (Å²) in [6, 6.07) is 0. The molecule has 0 aromatic carbocycles. The van der Waals surface area contributed by atoms with Gasteiger partial charge < -0.3 is 15.4 Å². The van der Waals surface area contributed by atoms with Crippen LogP contribution in [0.2, 0.25) is 0 Å². The number of nitrogens with one attached hydrogen (secondary N) is 2. The molecule has 0 bridgehead atoms. The monoisotopic (exact) mass is 240 g/mol. The molecule has 1 saturated carbocycles. The molecule has 2 fully saturated rings. The third-order valence-electron chi connectivity index (χ3n) is 3.70. The van der Waals surface area contributed by atoms with Crippen LogP contribution in [0.1, 0.15) is 40.0 Å². The van der Waals surface area contributed by atoms with E-state index in [4.69, 9.17) is 4.74 Å². The van der Waals surface area contributed by atoms with Gasteiger partial charge in [0.25, 0.3) is 0 Å². The van der Waals surface area contributed by atoms with Crippen molar-refractivity contribution in [3.8, 4) is 0 Å². The fraction of sp³-hybridized carbons (Fsp3) is 0.923. The van der Waals surface area contributed by atoms with E-state index < -0.39 is 5.60 Å². The molecule has 1 aliphatic heterocycles. The highest BCUT2D eigenvalue weighted by molar-refractivity contribution is 5.67. The minimum atomic E-state index is -0.412. The third-order valence-corrected chi connectivity index (χ3v) is 3.70. The minimum Gasteiger partial charge on any atom is -0.444 e. The fourth-order valence-corrected chi connectivity index (χ4v) is 2.66. The van der Waals surface area contributed by atoms with Gasteiger partial charge in [-0.2, -0.15) is 0 Å². The standard InChI is InChI=1S/C13H24N2O2/c1-12(2,3)17-11(16)15-9-13(10-4-5-10)6-7-14-8-13/h10,14H,4-9H2,1-3H3,(H,15,16)/t13-/m1/s1. The summed E-state index contributed by atoms with van der Waals surface area (Å²) >= 11 is 0. The molecule has 98 valence electrons. The summed E-state index contributed by atoms with van der Waals surface area (Å²) < 4.78 is 5.27. The molecule has 2 N–H and O–H groups in total. The van der Waals surface area contributed by atoms with Crippen LogP contribution in [0.5, 0.6) is 0 Å². The molecule has 1 atom stereocenters. The Morgan fingerprint density at radius 3 is 2.65 bits per heavy atom. The molecule has 4 nitrogen and oxygen atoms in total. The second kappa shape index (κ2) is 4.48. The SMILES string of the molecule is CC(C)(C)OC(=O)NC[C@@]1(C2CC2)CCNC1. The van der Waals surface area contributed by atoms with E-state index in [1.54, 1.807) is 0 Å². The lowest BCUT2D eigenvalue weighted by atomic mass is 9.82. The van der Waals surface area contributed by atoms with E-state index in [0.717, 1.165) is 25.6 Å². The Bertz CT molecular complexity index is 286. The predicted molar refractivity (Wildman–Crippen MR) is 66.9 cm³/mol. The fourth-order valence-electron chi connectivity index (χ4n) is 2.66. The van der Waals surface area contributed by atoms with Crippen molar-refractivity contribution in [1.29, 1.82) is 0 Å². The normalized spacial score (nSPS) is 29.1. The van der Waals surface area contributed by atoms with Crippen molar-refractivity contribution < 1.29 is 9.53 Å². The molecule has 1 aliphatic carbocycles. The molecule has 0 aromatic heterocycles. The van der Waals surface area contributed by atoms with Gasteiger partial charge >= 0.3 is 6.09 Å². The summed E-state index contributed by atoms with van der Waals surface area (Å²) in [7, 11) is 0. The van der Waals surface area contributed by atoms with Gasteiger partial charge in [0.1, 0.15) is 5.60 Å². The van der Waals surface area contributed by atoms with Crippen LogP contribution >= 0.6 is 0 Å². The first-order valence-electron chi connectivity index (χ1n) is 6.59. The van der Waals surface area contributed by atoms with E-state index in [1.807, 2.05) is 20.8 Å². The van der Waals surface area contributed by atoms with Crippen molar-refractivity contribution in [1.82, 2.24) is 10.6 Å². The maximum Gasteiger partial charge on any atom is 0.407 e. The van der Waals surface area contributed by atoms with Crippen molar-refractivity contribution in [2.45, 2.75) is 45.6 Å². The van der Waals surface area contributed by atoms with E-state index in [9.17, 15) is 4.79 Å². The number of rotatable bonds is 3. The van der Waals surface area contributed by atoms with Crippen molar-refractivity contribution in [2.24, 2.45) is 11.3 Å². The summed E-state index contributed by atoms with van der Waals surface area (Å²) in [5.41, 5.74) is -0.123. The van der Waals surface area contributed by atoms with E-state index in [-0.39, 0.29) is 11.5 Å². The summed E-state index contributed by atoms with van der Waals surface area (Å²) in [5, 5.41) is 6.36. The predicted octanol–water partition coefficient (Wildman–Crippen LogP) is 1.90. The second-order valence-corrected chi connectivity index (χ2v) is 6.42. The second-order valence-electron chi connectivity index (χ2n) is 6.42. The average Bonchev–Trinajstić information content (AvgIpc) is 2.94. The van der Waals surface area contributed by atoms with Crippen LogP contribution in [-0.4, -0.2) is 31.3 Å². The van der Waals surface area contributed by atoms with Crippen LogP contribution in [0.3, 0.4) is 0 Å². The molecular formula is C13H24N2O2. The molecule has 4 heteroatoms. The molecule has 1 heterocycles. The quantitative estimate of drug-likeness (QED) is 0.792. The molecule has 1 saturated heterocycles. The van der Waals surface area contributed by atoms with Gasteiger partial charge in [0.2, 0.25) is 0 Å². The van der Waals surface area contributed by atoms with Gasteiger partial charge in [-0.05, 0) is 52.5 Å². The van der Waals surface area contributed by atoms with Crippen molar-refractivity contribution >= 4 is 6.09 Å². The van der Waals surface area contributed by atoms with Gasteiger partial charge in [0, 0.05) is 18.5 Å². The van der Waals surface area contributed by atoms with Gasteiger partial charge in [-0.25, -0.2) is 4.79 Å². The van der Waals surface area contributed by atoms with Gasteiger partial charge in [-0.3, -0.25) is 0 Å². The van der Waals surface area contributed by atoms with Gasteiger partial charge in [0.15, 0.2) is 0 Å². The minimum absolute atomic E-state index is 0.288. The maximum atomic E-state index is 11.6. The summed E-state index contributed by atoms with van der Waals surface area (Å²) in [6.07, 6.45) is 3.52. The number of hydrogen-bond donors (Lipinski definition) is 2. The molecule has 17 heavy (non-hydrogen) atoms. The molecule has 1 amide bonds. The number of carbonyl (C=O) groups excluding carboxylic acids is 1. The lowest BCUT2D eigenvalue weighted by Gasteiger charge is -2.29. The van der Waals surface area contributed by atoms with Crippen LogP contribution in [0.25, 0.3) is 0 Å². The lowest BCUT2D eigenvalue weighted by molar-refractivity contribution is 0.0497. The summed E-state index contributed by atoms with van der Waals surface area (Å²) in [5.74, 6) is 0.799. The number of ether oxygens (including phenoxy) is 1. The van der Waals surface area contributed by atoms with Gasteiger partial charge in [-0.15, -0.1) is 0 Å². The number of amides is 1. The van der Waals surface area contributed by atoms with Crippen molar-refractivity contribution in [2.75, 3.05) is 19.6 Å². The zero-order valence-electron chi connectivity index (χ0n) is 11.1. The topological polar surface area (TPSA) is 50.4 Å². The van der Waals surface area contributed by atoms with E-state index >= 15 is 0 Å². The van der Waals surface area contributed by atoms with Crippen LogP contribution < -0.4 is 10.6 Å². The number of alkyl carbamates (subject to hydrolysis) is 1. The number of hydrogen-bond acceptors (Lipinski definition) is 3. The zero-order chi connectivity index (χ0) is 12.5. The zero-order valence-corrected chi connectivity index (χ0v) is 11.1. The van der Waals surface area contributed by atoms with E-state index in [0.29, 0.717) is 0 Å². The Morgan fingerprint density at radius 2 is 2.18 bits per heavy atom. The van der Waals surface area contributed by atoms with Gasteiger partial charge in [0.05, 0.1) is 0 Å². The highest BCUT2D eigenvalue weighted by Crippen LogP contribution is 2.48. The van der Waals surface area contributed by atoms with Crippen LogP contribution in [0.15, 0.2) is 0 Å². The summed E-state index contributed by atoms with van der Waals surface area (Å²) in [6.45, 7) is 8.53. The van der Waals surface area contributed by atoms with Crippen molar-refractivity contribution in [3.05, 3.63) is 0 Å². The van der Waals surface area contributed by atoms with E-state index in [1.165, 1.54) is 19.3 Å². The van der Waals surface area contributed by atoms with Crippen LogP contribution in [0, 0.1) is 11.3 Å². The first-order chi connectivity index (χ1) is 7.91. The Morgan fingerprint density at radius 1 is 1.47 bits per heavy atom. The highest BCUT2D eigenvalue weighted by atomic mass is 16.6. The molecule has 2 rings (SSSR count). The number of carbonyl (C=O) groups is 1. The smallest absolute Gasteiger partial charge is 0.407 e. The first-order valence-corrected chi connectivity index (χ1v) is 6.59. The average molecular weight is 240 g/mol. The molecule has 0 radical (unpaired) electrons. The largest absolute Gasteiger partial charge is 0.444 e. The van der Waals surface area contributed by atoms with Crippen LogP contribution in [-0.2, 0) is 4.74 Å². The highest BCUT2D eigenvalue weighted by Gasteiger charge is 2.46.